The van der Waals surface area contributed by atoms with Crippen molar-refractivity contribution in [3.05, 3.63) is 12.3 Å². The van der Waals surface area contributed by atoms with Crippen molar-refractivity contribution in [2.75, 3.05) is 0 Å². The molecule has 1 atom stereocenters. The van der Waals surface area contributed by atoms with E-state index in [0.717, 1.165) is 0 Å². The van der Waals surface area contributed by atoms with Crippen molar-refractivity contribution >= 4 is 5.97 Å². The molecule has 48 valence electrons. The first-order valence-electron chi connectivity index (χ1n) is 2.46. The van der Waals surface area contributed by atoms with E-state index in [2.05, 4.69) is 10.2 Å². The minimum absolute atomic E-state index is 0. The van der Waals surface area contributed by atoms with Gasteiger partial charge in [0, 0.05) is 6.20 Å². The van der Waals surface area contributed by atoms with Gasteiger partial charge in [0.1, 0.15) is 5.54 Å². The van der Waals surface area contributed by atoms with Gasteiger partial charge in [-0.3, -0.25) is 0 Å². The summed E-state index contributed by atoms with van der Waals surface area (Å²) in [5.41, 5.74) is -1.22. The summed E-state index contributed by atoms with van der Waals surface area (Å²) in [5, 5.41) is 17.0. The first kappa shape index (κ1) is 10.4. The van der Waals surface area contributed by atoms with Crippen LogP contribution in [0.1, 0.15) is 6.92 Å². The van der Waals surface area contributed by atoms with E-state index in [1.54, 1.807) is 0 Å². The molecule has 0 saturated heterocycles. The molecule has 0 N–H and O–H groups in total. The van der Waals surface area contributed by atoms with Crippen LogP contribution in [0, 0.1) is 0 Å². The van der Waals surface area contributed by atoms with Crippen molar-refractivity contribution in [3.8, 4) is 0 Å². The molecule has 0 aromatic carbocycles. The van der Waals surface area contributed by atoms with Gasteiger partial charge in [-0.25, -0.2) is 0 Å². The summed E-state index contributed by atoms with van der Waals surface area (Å²) in [7, 11) is 0. The molecule has 0 saturated carbocycles. The average molecular weight is 164 g/mol. The van der Waals surface area contributed by atoms with Gasteiger partial charge in [0.25, 0.3) is 0 Å². The van der Waals surface area contributed by atoms with Crippen LogP contribution in [0.2, 0.25) is 0 Å². The quantitative estimate of drug-likeness (QED) is 0.377. The molecule has 0 fully saturated rings. The number of hydrogen-bond acceptors (Lipinski definition) is 4. The minimum Gasteiger partial charge on any atom is -0.547 e. The van der Waals surface area contributed by atoms with Crippen molar-refractivity contribution in [1.29, 1.82) is 0 Å². The van der Waals surface area contributed by atoms with Crippen molar-refractivity contribution < 1.29 is 61.3 Å². The van der Waals surface area contributed by atoms with Crippen LogP contribution in [-0.2, 0) is 4.79 Å². The van der Waals surface area contributed by atoms with Gasteiger partial charge in [-0.05, 0) is 13.0 Å². The fourth-order valence-corrected chi connectivity index (χ4v) is 0.474. The second-order valence-electron chi connectivity index (χ2n) is 1.97. The molecule has 0 radical (unpaired) electrons. The van der Waals surface area contributed by atoms with Crippen LogP contribution in [0.4, 0.5) is 0 Å². The van der Waals surface area contributed by atoms with Gasteiger partial charge in [-0.2, -0.15) is 10.2 Å². The number of azo groups is 1. The summed E-state index contributed by atoms with van der Waals surface area (Å²) in [6.45, 7) is 1.43. The Morgan fingerprint density at radius 3 is 2.50 bits per heavy atom. The zero-order valence-electron chi connectivity index (χ0n) is 5.87. The largest absolute Gasteiger partial charge is 1.00 e. The van der Waals surface area contributed by atoms with Crippen LogP contribution in [0.3, 0.4) is 0 Å². The van der Waals surface area contributed by atoms with Gasteiger partial charge in [0.2, 0.25) is 0 Å². The Balaban J connectivity index is 0.000000810. The second kappa shape index (κ2) is 3.73. The van der Waals surface area contributed by atoms with Gasteiger partial charge < -0.3 is 9.90 Å². The molecule has 0 amide bonds. The molecule has 0 aliphatic carbocycles. The van der Waals surface area contributed by atoms with E-state index < -0.39 is 11.5 Å². The van der Waals surface area contributed by atoms with Crippen LogP contribution in [-0.4, -0.2) is 11.5 Å². The molecule has 0 aromatic rings. The zero-order chi connectivity index (χ0) is 6.91. The molecule has 0 bridgehead atoms. The van der Waals surface area contributed by atoms with Crippen molar-refractivity contribution in [1.82, 2.24) is 0 Å². The second-order valence-corrected chi connectivity index (χ2v) is 1.97. The molecular formula is C5H5KN2O2. The number of carbonyl (C=O) groups is 1. The molecule has 10 heavy (non-hydrogen) atoms. The first-order valence-corrected chi connectivity index (χ1v) is 2.46. The van der Waals surface area contributed by atoms with Crippen LogP contribution >= 0.6 is 0 Å². The summed E-state index contributed by atoms with van der Waals surface area (Å²) in [6.07, 6.45) is 2.72. The third-order valence-corrected chi connectivity index (χ3v) is 1.14. The number of carbonyl (C=O) groups excluding carboxylic acids is 1. The van der Waals surface area contributed by atoms with Crippen LogP contribution in [0.5, 0.6) is 0 Å². The predicted octanol–water partition coefficient (Wildman–Crippen LogP) is -3.52. The standard InChI is InChI=1S/C5H6N2O2.K/c1-5(4(8)9)2-3-6-7-5;/h2-3H,1H3,(H,8,9);/q;+1/p-1. The molecule has 5 heteroatoms. The van der Waals surface area contributed by atoms with E-state index in [0.29, 0.717) is 0 Å². The third-order valence-electron chi connectivity index (χ3n) is 1.14. The topological polar surface area (TPSA) is 64.8 Å². The maximum Gasteiger partial charge on any atom is 1.00 e. The smallest absolute Gasteiger partial charge is 0.547 e. The fraction of sp³-hybridized carbons (Fsp3) is 0.400. The molecule has 1 aliphatic rings. The van der Waals surface area contributed by atoms with Gasteiger partial charge in [-0.1, -0.05) is 0 Å². The number of aliphatic carboxylic acids is 1. The summed E-state index contributed by atoms with van der Waals surface area (Å²) < 4.78 is 0. The average Bonchev–Trinajstić information content (AvgIpc) is 2.16. The number of carboxylic acids is 1. The Labute approximate surface area is 101 Å². The minimum atomic E-state index is -1.22. The van der Waals surface area contributed by atoms with E-state index in [-0.39, 0.29) is 51.4 Å². The summed E-state index contributed by atoms with van der Waals surface area (Å²) in [4.78, 5) is 10.2. The van der Waals surface area contributed by atoms with Gasteiger partial charge in [0.15, 0.2) is 0 Å². The molecule has 1 rings (SSSR count). The third kappa shape index (κ3) is 1.96. The molecular weight excluding hydrogens is 159 g/mol. The predicted molar refractivity (Wildman–Crippen MR) is 27.4 cm³/mol. The Bertz CT molecular complexity index is 188. The van der Waals surface area contributed by atoms with Crippen LogP contribution in [0.25, 0.3) is 0 Å². The van der Waals surface area contributed by atoms with Crippen LogP contribution < -0.4 is 56.5 Å². The first-order chi connectivity index (χ1) is 4.15. The summed E-state index contributed by atoms with van der Waals surface area (Å²) in [5.74, 6) is -1.22. The number of hydrogen-bond donors (Lipinski definition) is 0. The van der Waals surface area contributed by atoms with Crippen molar-refractivity contribution in [2.24, 2.45) is 10.2 Å². The summed E-state index contributed by atoms with van der Waals surface area (Å²) in [6, 6.07) is 0. The maximum atomic E-state index is 10.2. The number of rotatable bonds is 1. The van der Waals surface area contributed by atoms with E-state index in [9.17, 15) is 9.90 Å². The summed E-state index contributed by atoms with van der Waals surface area (Å²) >= 11 is 0. The Hall–Kier alpha value is 0.446. The van der Waals surface area contributed by atoms with Crippen LogP contribution in [0.15, 0.2) is 22.5 Å². The van der Waals surface area contributed by atoms with Gasteiger partial charge in [-0.15, -0.1) is 0 Å². The Kier molecular flexibility index (Phi) is 3.89. The molecule has 0 spiro atoms. The SMILES string of the molecule is CC1(C(=O)[O-])C=CN=N1.[K+]. The number of nitrogens with zero attached hydrogens (tertiary/aromatic N) is 2. The zero-order valence-corrected chi connectivity index (χ0v) is 8.99. The molecule has 1 unspecified atom stereocenters. The van der Waals surface area contributed by atoms with Gasteiger partial charge in [0.05, 0.1) is 5.97 Å². The monoisotopic (exact) mass is 164 g/mol. The van der Waals surface area contributed by atoms with Gasteiger partial charge >= 0.3 is 51.4 Å². The van der Waals surface area contributed by atoms with E-state index in [4.69, 9.17) is 0 Å². The Morgan fingerprint density at radius 1 is 1.70 bits per heavy atom. The van der Waals surface area contributed by atoms with E-state index in [1.807, 2.05) is 0 Å². The Morgan fingerprint density at radius 2 is 2.30 bits per heavy atom. The number of carboxylic acid groups (broad SMARTS) is 1. The van der Waals surface area contributed by atoms with E-state index >= 15 is 0 Å². The molecule has 4 nitrogen and oxygen atoms in total. The normalized spacial score (nSPS) is 28.1. The molecule has 1 aliphatic heterocycles. The molecule has 0 aromatic heterocycles. The molecule has 1 heterocycles. The fourth-order valence-electron chi connectivity index (χ4n) is 0.474. The van der Waals surface area contributed by atoms with E-state index in [1.165, 1.54) is 19.2 Å². The van der Waals surface area contributed by atoms with Crippen molar-refractivity contribution in [3.63, 3.8) is 0 Å². The maximum absolute atomic E-state index is 10.2. The van der Waals surface area contributed by atoms with Crippen molar-refractivity contribution in [2.45, 2.75) is 12.5 Å².